The van der Waals surface area contributed by atoms with Crippen LogP contribution < -0.4 is 5.32 Å². The van der Waals surface area contributed by atoms with Crippen LogP contribution in [0.4, 0.5) is 0 Å². The predicted octanol–water partition coefficient (Wildman–Crippen LogP) is 10.1. The molecule has 0 fully saturated rings. The molecule has 236 valence electrons. The maximum Gasteiger partial charge on any atom is 0.220 e. The van der Waals surface area contributed by atoms with Crippen LogP contribution in [0.3, 0.4) is 0 Å². The van der Waals surface area contributed by atoms with Crippen molar-refractivity contribution in [2.45, 2.75) is 193 Å². The molecule has 0 saturated heterocycles. The highest BCUT2D eigenvalue weighted by Crippen LogP contribution is 2.13. The van der Waals surface area contributed by atoms with Gasteiger partial charge in [-0.1, -0.05) is 167 Å². The van der Waals surface area contributed by atoms with E-state index in [0.29, 0.717) is 6.42 Å². The van der Waals surface area contributed by atoms with E-state index in [9.17, 15) is 15.0 Å². The van der Waals surface area contributed by atoms with E-state index in [1.54, 1.807) is 6.08 Å². The zero-order valence-electron chi connectivity index (χ0n) is 26.9. The van der Waals surface area contributed by atoms with Crippen LogP contribution in [-0.2, 0) is 4.79 Å². The van der Waals surface area contributed by atoms with Crippen LogP contribution in [0.25, 0.3) is 0 Å². The summed E-state index contributed by atoms with van der Waals surface area (Å²) in [6, 6.07) is -0.631. The van der Waals surface area contributed by atoms with Gasteiger partial charge in [-0.25, -0.2) is 0 Å². The van der Waals surface area contributed by atoms with Gasteiger partial charge in [-0.3, -0.25) is 4.79 Å². The van der Waals surface area contributed by atoms with Crippen molar-refractivity contribution in [1.29, 1.82) is 0 Å². The SMILES string of the molecule is CCCCCCCCCCCCC/C=C/CC/C=C/C(O)C(CO)NC(=O)CCCCCCCCCCCCC. The summed E-state index contributed by atoms with van der Waals surface area (Å²) in [5.41, 5.74) is 0. The van der Waals surface area contributed by atoms with E-state index >= 15 is 0 Å². The van der Waals surface area contributed by atoms with E-state index in [0.717, 1.165) is 32.1 Å². The number of amides is 1. The maximum atomic E-state index is 12.2. The fourth-order valence-electron chi connectivity index (χ4n) is 5.19. The molecule has 4 heteroatoms. The monoisotopic (exact) mass is 564 g/mol. The third kappa shape index (κ3) is 28.4. The summed E-state index contributed by atoms with van der Waals surface area (Å²) in [6.45, 7) is 4.27. The van der Waals surface area contributed by atoms with Gasteiger partial charge in [0.25, 0.3) is 0 Å². The molecule has 0 radical (unpaired) electrons. The van der Waals surface area contributed by atoms with Crippen molar-refractivity contribution < 1.29 is 15.0 Å². The number of nitrogens with one attached hydrogen (secondary N) is 1. The Morgan fingerprint density at radius 1 is 0.575 bits per heavy atom. The van der Waals surface area contributed by atoms with Crippen molar-refractivity contribution in [3.05, 3.63) is 24.3 Å². The number of rotatable bonds is 31. The first-order valence-corrected chi connectivity index (χ1v) is 17.6. The number of carbonyl (C=O) groups is 1. The fraction of sp³-hybridized carbons (Fsp3) is 0.861. The smallest absolute Gasteiger partial charge is 0.220 e. The second-order valence-electron chi connectivity index (χ2n) is 11.9. The molecule has 0 aliphatic rings. The van der Waals surface area contributed by atoms with Gasteiger partial charge in [0.1, 0.15) is 0 Å². The summed E-state index contributed by atoms with van der Waals surface area (Å²) in [7, 11) is 0. The predicted molar refractivity (Wildman–Crippen MR) is 175 cm³/mol. The Balaban J connectivity index is 3.67. The Hall–Kier alpha value is -1.13. The Bertz CT molecular complexity index is 574. The van der Waals surface area contributed by atoms with E-state index in [4.69, 9.17) is 0 Å². The molecular weight excluding hydrogens is 494 g/mol. The summed E-state index contributed by atoms with van der Waals surface area (Å²) >= 11 is 0. The Kier molecular flexibility index (Phi) is 31.5. The van der Waals surface area contributed by atoms with Crippen molar-refractivity contribution >= 4 is 5.91 Å². The number of hydrogen-bond donors (Lipinski definition) is 3. The second kappa shape index (κ2) is 32.4. The number of hydrogen-bond acceptors (Lipinski definition) is 3. The fourth-order valence-corrected chi connectivity index (χ4v) is 5.19. The highest BCUT2D eigenvalue weighted by Gasteiger charge is 2.17. The summed E-state index contributed by atoms with van der Waals surface area (Å²) in [4.78, 5) is 12.2. The lowest BCUT2D eigenvalue weighted by Crippen LogP contribution is -2.45. The summed E-state index contributed by atoms with van der Waals surface area (Å²) in [5, 5.41) is 22.8. The Morgan fingerprint density at radius 2 is 0.975 bits per heavy atom. The van der Waals surface area contributed by atoms with E-state index in [2.05, 4.69) is 31.3 Å². The van der Waals surface area contributed by atoms with E-state index in [1.807, 2.05) is 6.08 Å². The van der Waals surface area contributed by atoms with Crippen LogP contribution in [0.5, 0.6) is 0 Å². The van der Waals surface area contributed by atoms with Crippen molar-refractivity contribution in [1.82, 2.24) is 5.32 Å². The molecule has 0 aliphatic carbocycles. The largest absolute Gasteiger partial charge is 0.394 e. The van der Waals surface area contributed by atoms with E-state index < -0.39 is 12.1 Å². The number of allylic oxidation sites excluding steroid dienone is 3. The molecule has 0 aromatic heterocycles. The van der Waals surface area contributed by atoms with Crippen molar-refractivity contribution in [3.63, 3.8) is 0 Å². The molecule has 1 amide bonds. The molecular formula is C36H69NO3. The molecule has 0 spiro atoms. The van der Waals surface area contributed by atoms with Crippen molar-refractivity contribution in [3.8, 4) is 0 Å². The topological polar surface area (TPSA) is 69.6 Å². The van der Waals surface area contributed by atoms with Gasteiger partial charge in [0.2, 0.25) is 5.91 Å². The van der Waals surface area contributed by atoms with Crippen LogP contribution in [0.15, 0.2) is 24.3 Å². The van der Waals surface area contributed by atoms with Gasteiger partial charge in [0.15, 0.2) is 0 Å². The van der Waals surface area contributed by atoms with Gasteiger partial charge in [0.05, 0.1) is 18.8 Å². The average Bonchev–Trinajstić information content (AvgIpc) is 2.96. The summed E-state index contributed by atoms with van der Waals surface area (Å²) in [6.07, 6.45) is 39.7. The van der Waals surface area contributed by atoms with Crippen LogP contribution in [0.2, 0.25) is 0 Å². The molecule has 2 atom stereocenters. The van der Waals surface area contributed by atoms with Gasteiger partial charge in [0, 0.05) is 6.42 Å². The minimum atomic E-state index is -0.855. The van der Waals surface area contributed by atoms with Gasteiger partial charge in [-0.15, -0.1) is 0 Å². The van der Waals surface area contributed by atoms with Crippen molar-refractivity contribution in [2.75, 3.05) is 6.61 Å². The third-order valence-electron chi connectivity index (χ3n) is 7.94. The number of aliphatic hydroxyl groups is 2. The maximum absolute atomic E-state index is 12.2. The van der Waals surface area contributed by atoms with E-state index in [1.165, 1.54) is 128 Å². The van der Waals surface area contributed by atoms with Crippen molar-refractivity contribution in [2.24, 2.45) is 0 Å². The van der Waals surface area contributed by atoms with Crippen LogP contribution in [0, 0.1) is 0 Å². The first kappa shape index (κ1) is 38.9. The van der Waals surface area contributed by atoms with Crippen LogP contribution in [-0.4, -0.2) is 34.9 Å². The molecule has 0 saturated carbocycles. The first-order valence-electron chi connectivity index (χ1n) is 17.6. The summed E-state index contributed by atoms with van der Waals surface area (Å²) < 4.78 is 0. The van der Waals surface area contributed by atoms with Gasteiger partial charge in [-0.2, -0.15) is 0 Å². The normalized spacial score (nSPS) is 13.4. The minimum absolute atomic E-state index is 0.0761. The Morgan fingerprint density at radius 3 is 1.45 bits per heavy atom. The number of carbonyl (C=O) groups excluding carboxylic acids is 1. The zero-order chi connectivity index (χ0) is 29.4. The number of unbranched alkanes of at least 4 members (excludes halogenated alkanes) is 22. The first-order chi connectivity index (χ1) is 19.7. The molecule has 0 aliphatic heterocycles. The lowest BCUT2D eigenvalue weighted by atomic mass is 10.0. The second-order valence-corrected chi connectivity index (χ2v) is 11.9. The molecule has 0 aromatic carbocycles. The van der Waals surface area contributed by atoms with Crippen LogP contribution >= 0.6 is 0 Å². The standard InChI is InChI=1S/C36H69NO3/c1-3-5-7-9-11-13-15-16-17-18-19-20-22-23-25-27-29-31-35(39)34(33-38)37-36(40)32-30-28-26-24-21-14-12-10-8-6-4-2/h22-23,29,31,34-35,38-39H,3-21,24-28,30,32-33H2,1-2H3,(H,37,40)/b23-22+,31-29+. The Labute approximate surface area is 249 Å². The average molecular weight is 564 g/mol. The molecule has 4 nitrogen and oxygen atoms in total. The molecule has 0 aromatic rings. The lowest BCUT2D eigenvalue weighted by Gasteiger charge is -2.19. The molecule has 3 N–H and O–H groups in total. The lowest BCUT2D eigenvalue weighted by molar-refractivity contribution is -0.123. The van der Waals surface area contributed by atoms with Crippen LogP contribution in [0.1, 0.15) is 181 Å². The molecule has 2 unspecified atom stereocenters. The highest BCUT2D eigenvalue weighted by atomic mass is 16.3. The molecule has 0 rings (SSSR count). The highest BCUT2D eigenvalue weighted by molar-refractivity contribution is 5.76. The van der Waals surface area contributed by atoms with Gasteiger partial charge >= 0.3 is 0 Å². The molecule has 0 heterocycles. The third-order valence-corrected chi connectivity index (χ3v) is 7.94. The molecule has 40 heavy (non-hydrogen) atoms. The van der Waals surface area contributed by atoms with Gasteiger partial charge < -0.3 is 15.5 Å². The minimum Gasteiger partial charge on any atom is -0.394 e. The number of aliphatic hydroxyl groups excluding tert-OH is 2. The van der Waals surface area contributed by atoms with Gasteiger partial charge in [-0.05, 0) is 32.1 Å². The molecule has 0 bridgehead atoms. The zero-order valence-corrected chi connectivity index (χ0v) is 26.9. The summed E-state index contributed by atoms with van der Waals surface area (Å²) in [5.74, 6) is -0.0761. The van der Waals surface area contributed by atoms with E-state index in [-0.39, 0.29) is 12.5 Å². The quantitative estimate of drug-likeness (QED) is 0.0580.